The highest BCUT2D eigenvalue weighted by molar-refractivity contribution is 5.99. The van der Waals surface area contributed by atoms with E-state index in [1.165, 1.54) is 12.6 Å². The molecule has 5 heteroatoms. The van der Waals surface area contributed by atoms with Gasteiger partial charge in [-0.3, -0.25) is 4.79 Å². The highest BCUT2D eigenvalue weighted by Crippen LogP contribution is 2.35. The minimum Gasteiger partial charge on any atom is -0.496 e. The van der Waals surface area contributed by atoms with Crippen LogP contribution in [0.25, 0.3) is 5.70 Å². The zero-order valence-electron chi connectivity index (χ0n) is 15.8. The molecular weight excluding hydrogens is 328 g/mol. The Hall–Kier alpha value is -2.30. The Morgan fingerprint density at radius 2 is 2.04 bits per heavy atom. The predicted molar refractivity (Wildman–Crippen MR) is 103 cm³/mol. The molecule has 0 unspecified atom stereocenters. The number of nitrogens with one attached hydrogen (secondary N) is 1. The molecule has 3 rings (SSSR count). The van der Waals surface area contributed by atoms with E-state index in [1.54, 1.807) is 13.2 Å². The van der Waals surface area contributed by atoms with Gasteiger partial charge in [-0.25, -0.2) is 0 Å². The molecule has 1 fully saturated rings. The Balaban J connectivity index is 2.02. The second kappa shape index (κ2) is 7.52. The first-order chi connectivity index (χ1) is 12.4. The summed E-state index contributed by atoms with van der Waals surface area (Å²) >= 11 is 0. The fourth-order valence-corrected chi connectivity index (χ4v) is 4.09. The Morgan fingerprint density at radius 1 is 1.31 bits per heavy atom. The fourth-order valence-electron chi connectivity index (χ4n) is 4.09. The van der Waals surface area contributed by atoms with Gasteiger partial charge in [-0.2, -0.15) is 0 Å². The molecule has 5 nitrogen and oxygen atoms in total. The summed E-state index contributed by atoms with van der Waals surface area (Å²) in [7, 11) is 1.60. The van der Waals surface area contributed by atoms with E-state index in [1.807, 2.05) is 12.1 Å². The largest absolute Gasteiger partial charge is 0.496 e. The smallest absolute Gasteiger partial charge is 0.160 e. The van der Waals surface area contributed by atoms with E-state index in [-0.39, 0.29) is 17.2 Å². The van der Waals surface area contributed by atoms with Crippen molar-refractivity contribution in [2.24, 2.45) is 11.1 Å². The maximum absolute atomic E-state index is 12.8. The van der Waals surface area contributed by atoms with Gasteiger partial charge in [0.25, 0.3) is 0 Å². The Labute approximate surface area is 155 Å². The number of allylic oxidation sites excluding steroid dienone is 1. The molecule has 0 atom stereocenters. The molecule has 1 aliphatic carbocycles. The van der Waals surface area contributed by atoms with Crippen molar-refractivity contribution in [3.05, 3.63) is 34.9 Å². The third kappa shape index (κ3) is 3.92. The van der Waals surface area contributed by atoms with Gasteiger partial charge in [0.05, 0.1) is 13.3 Å². The van der Waals surface area contributed by atoms with Crippen LogP contribution in [0, 0.1) is 5.92 Å². The molecule has 1 heterocycles. The third-order valence-electron chi connectivity index (χ3n) is 5.34. The van der Waals surface area contributed by atoms with Gasteiger partial charge in [-0.05, 0) is 50.8 Å². The molecule has 0 amide bonds. The van der Waals surface area contributed by atoms with E-state index >= 15 is 0 Å². The van der Waals surface area contributed by atoms with Crippen molar-refractivity contribution < 1.29 is 14.7 Å². The van der Waals surface area contributed by atoms with Crippen LogP contribution >= 0.6 is 0 Å². The van der Waals surface area contributed by atoms with Crippen molar-refractivity contribution in [1.82, 2.24) is 5.32 Å². The lowest BCUT2D eigenvalue weighted by molar-refractivity contribution is -0.119. The number of hydrogen-bond donors (Lipinski definition) is 2. The number of hydrogen-bond acceptors (Lipinski definition) is 5. The molecule has 0 spiro atoms. The maximum Gasteiger partial charge on any atom is 0.160 e. The first kappa shape index (κ1) is 18.5. The van der Waals surface area contributed by atoms with Crippen LogP contribution in [-0.4, -0.2) is 29.9 Å². The Bertz CT molecular complexity index is 744. The van der Waals surface area contributed by atoms with Gasteiger partial charge in [0.1, 0.15) is 5.75 Å². The third-order valence-corrected chi connectivity index (χ3v) is 5.34. The standard InChI is InChI=1S/C21H28N2O3/c1-21(2)12-15-10-20(26-3)16(13-22-25)9-17(15)18(23-21)11-19(24)14-7-5-4-6-8-14/h9-11,13-14,23,25H,4-8,12H2,1-3H3. The second-order valence-corrected chi connectivity index (χ2v) is 7.98. The highest BCUT2D eigenvalue weighted by Gasteiger charge is 2.30. The molecule has 2 aliphatic rings. The number of rotatable bonds is 4. The average Bonchev–Trinajstić information content (AvgIpc) is 2.62. The van der Waals surface area contributed by atoms with Crippen molar-refractivity contribution in [3.63, 3.8) is 0 Å². The number of ether oxygens (including phenoxy) is 1. The average molecular weight is 356 g/mol. The quantitative estimate of drug-likeness (QED) is 0.371. The summed E-state index contributed by atoms with van der Waals surface area (Å²) in [4.78, 5) is 12.8. The number of nitrogens with zero attached hydrogens (tertiary/aromatic N) is 1. The molecule has 1 saturated carbocycles. The summed E-state index contributed by atoms with van der Waals surface area (Å²) in [5.74, 6) is 1.02. The van der Waals surface area contributed by atoms with Crippen molar-refractivity contribution in [3.8, 4) is 5.75 Å². The van der Waals surface area contributed by atoms with Gasteiger partial charge in [0.2, 0.25) is 0 Å². The Morgan fingerprint density at radius 3 is 2.69 bits per heavy atom. The zero-order chi connectivity index (χ0) is 18.7. The molecule has 140 valence electrons. The molecule has 0 radical (unpaired) electrons. The van der Waals surface area contributed by atoms with Crippen LogP contribution < -0.4 is 10.1 Å². The van der Waals surface area contributed by atoms with Crippen LogP contribution in [0.3, 0.4) is 0 Å². The normalized spacial score (nSPS) is 21.4. The zero-order valence-corrected chi connectivity index (χ0v) is 15.8. The van der Waals surface area contributed by atoms with Crippen LogP contribution in [0.2, 0.25) is 0 Å². The van der Waals surface area contributed by atoms with Crippen molar-refractivity contribution in [1.29, 1.82) is 0 Å². The van der Waals surface area contributed by atoms with E-state index < -0.39 is 0 Å². The Kier molecular flexibility index (Phi) is 5.35. The molecule has 0 saturated heterocycles. The summed E-state index contributed by atoms with van der Waals surface area (Å²) in [6.45, 7) is 4.26. The predicted octanol–water partition coefficient (Wildman–Crippen LogP) is 3.92. The van der Waals surface area contributed by atoms with Gasteiger partial charge in [-0.1, -0.05) is 24.4 Å². The van der Waals surface area contributed by atoms with E-state index in [0.29, 0.717) is 11.3 Å². The van der Waals surface area contributed by atoms with Crippen LogP contribution in [0.4, 0.5) is 0 Å². The molecule has 0 aromatic heterocycles. The molecule has 1 aromatic rings. The summed E-state index contributed by atoms with van der Waals surface area (Å²) in [5, 5.41) is 15.6. The van der Waals surface area contributed by atoms with Crippen LogP contribution in [-0.2, 0) is 11.2 Å². The van der Waals surface area contributed by atoms with Crippen molar-refractivity contribution in [2.75, 3.05) is 7.11 Å². The second-order valence-electron chi connectivity index (χ2n) is 7.98. The van der Waals surface area contributed by atoms with Gasteiger partial charge >= 0.3 is 0 Å². The highest BCUT2D eigenvalue weighted by atomic mass is 16.5. The monoisotopic (exact) mass is 356 g/mol. The maximum atomic E-state index is 12.8. The minimum atomic E-state index is -0.150. The van der Waals surface area contributed by atoms with E-state index in [9.17, 15) is 4.79 Å². The number of fused-ring (bicyclic) bond motifs is 1. The van der Waals surface area contributed by atoms with Gasteiger partial charge in [0, 0.05) is 34.4 Å². The number of carbonyl (C=O) groups is 1. The van der Waals surface area contributed by atoms with Crippen molar-refractivity contribution in [2.45, 2.75) is 57.9 Å². The summed E-state index contributed by atoms with van der Waals surface area (Å²) < 4.78 is 5.43. The summed E-state index contributed by atoms with van der Waals surface area (Å²) in [5.41, 5.74) is 3.49. The number of benzene rings is 1. The lowest BCUT2D eigenvalue weighted by atomic mass is 9.82. The SMILES string of the molecule is COc1cc2c(cc1C=NO)C(=CC(=O)C1CCCCC1)NC(C)(C)C2. The fraction of sp³-hybridized carbons (Fsp3) is 0.524. The van der Waals surface area contributed by atoms with E-state index in [0.717, 1.165) is 48.9 Å². The minimum absolute atomic E-state index is 0.142. The molecule has 26 heavy (non-hydrogen) atoms. The molecule has 1 aliphatic heterocycles. The van der Waals surface area contributed by atoms with Gasteiger partial charge < -0.3 is 15.3 Å². The lowest BCUT2D eigenvalue weighted by Crippen LogP contribution is -2.44. The number of oxime groups is 1. The summed E-state index contributed by atoms with van der Waals surface area (Å²) in [6, 6.07) is 3.91. The first-order valence-electron chi connectivity index (χ1n) is 9.36. The summed E-state index contributed by atoms with van der Waals surface area (Å²) in [6.07, 6.45) is 9.46. The number of ketones is 1. The van der Waals surface area contributed by atoms with Gasteiger partial charge in [0.15, 0.2) is 5.78 Å². The first-order valence-corrected chi connectivity index (χ1v) is 9.36. The molecule has 2 N–H and O–H groups in total. The molecule has 0 bridgehead atoms. The van der Waals surface area contributed by atoms with E-state index in [2.05, 4.69) is 24.3 Å². The van der Waals surface area contributed by atoms with Crippen molar-refractivity contribution >= 4 is 17.7 Å². The topological polar surface area (TPSA) is 70.9 Å². The van der Waals surface area contributed by atoms with E-state index in [4.69, 9.17) is 9.94 Å². The van der Waals surface area contributed by atoms with Crippen LogP contribution in [0.5, 0.6) is 5.75 Å². The number of carbonyl (C=O) groups excluding carboxylic acids is 1. The van der Waals surface area contributed by atoms with Crippen LogP contribution in [0.1, 0.15) is 62.6 Å². The molecular formula is C21H28N2O3. The number of methoxy groups -OCH3 is 1. The lowest BCUT2D eigenvalue weighted by Gasteiger charge is -2.36. The van der Waals surface area contributed by atoms with Crippen LogP contribution in [0.15, 0.2) is 23.4 Å². The molecule has 1 aromatic carbocycles. The van der Waals surface area contributed by atoms with Gasteiger partial charge in [-0.15, -0.1) is 0 Å².